The Morgan fingerprint density at radius 1 is 1.10 bits per heavy atom. The van der Waals surface area contributed by atoms with E-state index in [1.807, 2.05) is 30.3 Å². The third-order valence-electron chi connectivity index (χ3n) is 3.91. The molecular formula is C16H20N2OS. The molecule has 0 aliphatic carbocycles. The number of rotatable bonds is 4. The molecule has 1 fully saturated rings. The zero-order valence-corrected chi connectivity index (χ0v) is 12.3. The van der Waals surface area contributed by atoms with E-state index in [0.29, 0.717) is 5.92 Å². The molecule has 1 heterocycles. The summed E-state index contributed by atoms with van der Waals surface area (Å²) in [4.78, 5) is 0.886. The summed E-state index contributed by atoms with van der Waals surface area (Å²) in [5.74, 6) is 0.634. The van der Waals surface area contributed by atoms with E-state index in [4.69, 9.17) is 0 Å². The van der Waals surface area contributed by atoms with Crippen LogP contribution < -0.4 is 10.0 Å². The van der Waals surface area contributed by atoms with Crippen molar-refractivity contribution in [1.82, 2.24) is 10.0 Å². The van der Waals surface area contributed by atoms with Crippen molar-refractivity contribution in [3.8, 4) is 0 Å². The lowest BCUT2D eigenvalue weighted by atomic mass is 9.99. The fourth-order valence-electron chi connectivity index (χ4n) is 2.71. The molecule has 1 aliphatic rings. The molecule has 0 radical (unpaired) electrons. The highest BCUT2D eigenvalue weighted by Crippen LogP contribution is 2.21. The van der Waals surface area contributed by atoms with Crippen molar-refractivity contribution in [3.05, 3.63) is 42.5 Å². The van der Waals surface area contributed by atoms with Gasteiger partial charge in [0, 0.05) is 6.54 Å². The second kappa shape index (κ2) is 6.48. The Hall–Kier alpha value is -1.23. The Balaban J connectivity index is 1.72. The highest BCUT2D eigenvalue weighted by atomic mass is 32.2. The number of fused-ring (bicyclic) bond motifs is 1. The number of nitrogens with one attached hydrogen (secondary N) is 2. The number of piperidine rings is 1. The van der Waals surface area contributed by atoms with Crippen molar-refractivity contribution in [2.24, 2.45) is 5.92 Å². The van der Waals surface area contributed by atoms with Crippen molar-refractivity contribution in [1.29, 1.82) is 0 Å². The van der Waals surface area contributed by atoms with Crippen LogP contribution in [0.25, 0.3) is 10.8 Å². The zero-order valence-electron chi connectivity index (χ0n) is 11.5. The van der Waals surface area contributed by atoms with E-state index in [1.54, 1.807) is 0 Å². The van der Waals surface area contributed by atoms with Crippen molar-refractivity contribution >= 4 is 21.8 Å². The second-order valence-corrected chi connectivity index (χ2v) is 6.55. The first-order valence-corrected chi connectivity index (χ1v) is 8.33. The Labute approximate surface area is 122 Å². The topological polar surface area (TPSA) is 41.1 Å². The Bertz CT molecular complexity index is 603. The minimum Gasteiger partial charge on any atom is -0.317 e. The fraction of sp³-hybridized carbons (Fsp3) is 0.375. The van der Waals surface area contributed by atoms with Gasteiger partial charge in [0.05, 0.1) is 4.90 Å². The predicted octanol–water partition coefficient (Wildman–Crippen LogP) is 2.45. The van der Waals surface area contributed by atoms with Gasteiger partial charge in [-0.25, -0.2) is 8.93 Å². The maximum Gasteiger partial charge on any atom is 0.125 e. The van der Waals surface area contributed by atoms with Gasteiger partial charge in [-0.15, -0.1) is 0 Å². The van der Waals surface area contributed by atoms with Crippen LogP contribution >= 0.6 is 0 Å². The van der Waals surface area contributed by atoms with Crippen LogP contribution in [0.5, 0.6) is 0 Å². The lowest BCUT2D eigenvalue weighted by molar-refractivity contribution is 0.374. The first kappa shape index (κ1) is 13.7. The summed E-state index contributed by atoms with van der Waals surface area (Å²) >= 11 is 0. The highest BCUT2D eigenvalue weighted by molar-refractivity contribution is 7.83. The molecule has 0 saturated carbocycles. The van der Waals surface area contributed by atoms with Gasteiger partial charge in [-0.3, -0.25) is 0 Å². The van der Waals surface area contributed by atoms with E-state index in [0.717, 1.165) is 35.3 Å². The standard InChI is InChI=1S/C16H20N2OS/c19-20(18-12-13-8-10-17-11-9-13)16-7-3-5-14-4-1-2-6-15(14)16/h1-7,13,17-18H,8-12H2. The third-order valence-corrected chi connectivity index (χ3v) is 5.10. The Morgan fingerprint density at radius 2 is 1.85 bits per heavy atom. The zero-order chi connectivity index (χ0) is 13.8. The molecule has 0 spiro atoms. The van der Waals surface area contributed by atoms with Crippen LogP contribution in [0.2, 0.25) is 0 Å². The lowest BCUT2D eigenvalue weighted by Gasteiger charge is -2.22. The summed E-state index contributed by atoms with van der Waals surface area (Å²) in [7, 11) is -1.13. The van der Waals surface area contributed by atoms with E-state index >= 15 is 0 Å². The van der Waals surface area contributed by atoms with Crippen LogP contribution in [-0.2, 0) is 11.0 Å². The van der Waals surface area contributed by atoms with Gasteiger partial charge in [-0.05, 0) is 48.7 Å². The van der Waals surface area contributed by atoms with Gasteiger partial charge in [-0.1, -0.05) is 36.4 Å². The van der Waals surface area contributed by atoms with E-state index in [9.17, 15) is 4.21 Å². The molecule has 0 amide bonds. The maximum atomic E-state index is 12.5. The first-order chi connectivity index (χ1) is 9.84. The number of hydrogen-bond acceptors (Lipinski definition) is 2. The number of hydrogen-bond donors (Lipinski definition) is 2. The summed E-state index contributed by atoms with van der Waals surface area (Å²) in [6, 6.07) is 14.1. The summed E-state index contributed by atoms with van der Waals surface area (Å²) in [6.45, 7) is 2.98. The van der Waals surface area contributed by atoms with Gasteiger partial charge in [-0.2, -0.15) is 0 Å². The molecule has 106 valence electrons. The number of benzene rings is 2. The van der Waals surface area contributed by atoms with Gasteiger partial charge in [0.25, 0.3) is 0 Å². The summed E-state index contributed by atoms with van der Waals surface area (Å²) in [5.41, 5.74) is 0. The van der Waals surface area contributed by atoms with Crippen molar-refractivity contribution < 1.29 is 4.21 Å². The molecular weight excluding hydrogens is 268 g/mol. The van der Waals surface area contributed by atoms with Crippen molar-refractivity contribution in [3.63, 3.8) is 0 Å². The van der Waals surface area contributed by atoms with E-state index < -0.39 is 11.0 Å². The average molecular weight is 288 g/mol. The van der Waals surface area contributed by atoms with E-state index in [-0.39, 0.29) is 0 Å². The maximum absolute atomic E-state index is 12.5. The van der Waals surface area contributed by atoms with Gasteiger partial charge in [0.2, 0.25) is 0 Å². The quantitative estimate of drug-likeness (QED) is 0.907. The summed E-state index contributed by atoms with van der Waals surface area (Å²) in [5, 5.41) is 5.57. The molecule has 3 nitrogen and oxygen atoms in total. The molecule has 2 aromatic rings. The SMILES string of the molecule is O=S(NCC1CCNCC1)c1cccc2ccccc12. The monoisotopic (exact) mass is 288 g/mol. The third kappa shape index (κ3) is 3.08. The van der Waals surface area contributed by atoms with Crippen molar-refractivity contribution in [2.75, 3.05) is 19.6 Å². The molecule has 1 saturated heterocycles. The Kier molecular flexibility index (Phi) is 4.45. The molecule has 1 aliphatic heterocycles. The van der Waals surface area contributed by atoms with Crippen LogP contribution in [-0.4, -0.2) is 23.8 Å². The molecule has 4 heteroatoms. The van der Waals surface area contributed by atoms with E-state index in [1.165, 1.54) is 12.8 Å². The first-order valence-electron chi connectivity index (χ1n) is 7.18. The van der Waals surface area contributed by atoms with Crippen LogP contribution in [0.4, 0.5) is 0 Å². The van der Waals surface area contributed by atoms with Gasteiger partial charge < -0.3 is 5.32 Å². The summed E-state index contributed by atoms with van der Waals surface area (Å²) in [6.07, 6.45) is 2.33. The largest absolute Gasteiger partial charge is 0.317 e. The molecule has 1 unspecified atom stereocenters. The van der Waals surface area contributed by atoms with Crippen molar-refractivity contribution in [2.45, 2.75) is 17.7 Å². The summed E-state index contributed by atoms with van der Waals surface area (Å²) < 4.78 is 15.7. The van der Waals surface area contributed by atoms with Gasteiger partial charge in [0.15, 0.2) is 0 Å². The highest BCUT2D eigenvalue weighted by Gasteiger charge is 2.15. The predicted molar refractivity (Wildman–Crippen MR) is 84.0 cm³/mol. The molecule has 3 rings (SSSR count). The minimum absolute atomic E-state index is 0.634. The Morgan fingerprint density at radius 3 is 2.70 bits per heavy atom. The molecule has 1 atom stereocenters. The average Bonchev–Trinajstić information content (AvgIpc) is 2.53. The minimum atomic E-state index is -1.13. The van der Waals surface area contributed by atoms with Crippen LogP contribution in [0.15, 0.2) is 47.4 Å². The van der Waals surface area contributed by atoms with E-state index in [2.05, 4.69) is 22.2 Å². The molecule has 2 N–H and O–H groups in total. The second-order valence-electron chi connectivity index (χ2n) is 5.29. The van der Waals surface area contributed by atoms with Gasteiger partial charge in [0.1, 0.15) is 11.0 Å². The van der Waals surface area contributed by atoms with Crippen LogP contribution in [0.1, 0.15) is 12.8 Å². The smallest absolute Gasteiger partial charge is 0.125 e. The van der Waals surface area contributed by atoms with Crippen LogP contribution in [0.3, 0.4) is 0 Å². The van der Waals surface area contributed by atoms with Crippen LogP contribution in [0, 0.1) is 5.92 Å². The molecule has 20 heavy (non-hydrogen) atoms. The molecule has 0 bridgehead atoms. The molecule has 0 aromatic heterocycles. The normalized spacial score (nSPS) is 18.2. The van der Waals surface area contributed by atoms with Gasteiger partial charge >= 0.3 is 0 Å². The molecule has 2 aromatic carbocycles. The fourth-order valence-corrected chi connectivity index (χ4v) is 3.84. The lowest BCUT2D eigenvalue weighted by Crippen LogP contribution is -2.34.